The second-order valence-corrected chi connectivity index (χ2v) is 11.4. The van der Waals surface area contributed by atoms with Gasteiger partial charge in [0, 0.05) is 0 Å². The summed E-state index contributed by atoms with van der Waals surface area (Å²) >= 11 is 22.5. The summed E-state index contributed by atoms with van der Waals surface area (Å²) in [6, 6.07) is 17.2. The number of hydrogen-bond donors (Lipinski definition) is 0. The minimum atomic E-state index is -0.111. The molecule has 0 bridgehead atoms. The van der Waals surface area contributed by atoms with E-state index in [2.05, 4.69) is 15.9 Å². The Bertz CT molecular complexity index is 1350. The van der Waals surface area contributed by atoms with E-state index in [-0.39, 0.29) is 12.5 Å². The minimum Gasteiger partial charge on any atom is -0.490 e. The molecule has 4 nitrogen and oxygen atoms in total. The van der Waals surface area contributed by atoms with Gasteiger partial charge in [-0.15, -0.1) is 0 Å². The maximum atomic E-state index is 13.1. The van der Waals surface area contributed by atoms with Gasteiger partial charge in [-0.2, -0.15) is 0 Å². The van der Waals surface area contributed by atoms with Crippen LogP contribution in [-0.2, 0) is 17.9 Å². The quantitative estimate of drug-likeness (QED) is 0.186. The molecule has 1 aliphatic heterocycles. The number of halogens is 3. The molecule has 4 rings (SSSR count). The van der Waals surface area contributed by atoms with Crippen LogP contribution in [0.1, 0.15) is 29.2 Å². The molecule has 1 heterocycles. The normalized spacial score (nSPS) is 14.6. The number of thiocarbonyl (C=S) groups is 1. The minimum absolute atomic E-state index is 0.111. The summed E-state index contributed by atoms with van der Waals surface area (Å²) in [4.78, 5) is 15.3. The number of ether oxygens (including phenoxy) is 2. The first-order valence-corrected chi connectivity index (χ1v) is 13.9. The van der Waals surface area contributed by atoms with Crippen molar-refractivity contribution in [3.8, 4) is 11.5 Å². The molecule has 0 spiro atoms. The van der Waals surface area contributed by atoms with Crippen molar-refractivity contribution in [2.24, 2.45) is 0 Å². The van der Waals surface area contributed by atoms with Crippen LogP contribution in [0.3, 0.4) is 0 Å². The van der Waals surface area contributed by atoms with Gasteiger partial charge in [-0.1, -0.05) is 83.1 Å². The maximum absolute atomic E-state index is 13.1. The van der Waals surface area contributed by atoms with Crippen molar-refractivity contribution in [1.29, 1.82) is 0 Å². The summed E-state index contributed by atoms with van der Waals surface area (Å²) in [6.07, 6.45) is 1.82. The molecule has 0 unspecified atom stereocenters. The largest absolute Gasteiger partial charge is 0.490 e. The average Bonchev–Trinajstić information content (AvgIpc) is 3.09. The number of amides is 1. The number of nitrogens with zero attached hydrogens (tertiary/aromatic N) is 1. The maximum Gasteiger partial charge on any atom is 0.266 e. The molecule has 0 aliphatic carbocycles. The monoisotopic (exact) mass is 621 g/mol. The van der Waals surface area contributed by atoms with Crippen LogP contribution in [0.2, 0.25) is 10.0 Å². The lowest BCUT2D eigenvalue weighted by molar-refractivity contribution is -0.122. The van der Waals surface area contributed by atoms with Crippen molar-refractivity contribution < 1.29 is 14.3 Å². The van der Waals surface area contributed by atoms with Crippen molar-refractivity contribution in [2.45, 2.75) is 27.0 Å². The van der Waals surface area contributed by atoms with Gasteiger partial charge in [0.2, 0.25) is 0 Å². The summed E-state index contributed by atoms with van der Waals surface area (Å²) in [6.45, 7) is 5.12. The van der Waals surface area contributed by atoms with Gasteiger partial charge in [0.25, 0.3) is 5.91 Å². The third-order valence-electron chi connectivity index (χ3n) is 5.33. The number of benzene rings is 3. The highest BCUT2D eigenvalue weighted by atomic mass is 79.9. The van der Waals surface area contributed by atoms with Crippen LogP contribution in [0.5, 0.6) is 11.5 Å². The van der Waals surface area contributed by atoms with Gasteiger partial charge in [0.1, 0.15) is 10.9 Å². The molecular weight excluding hydrogens is 601 g/mol. The van der Waals surface area contributed by atoms with E-state index in [0.29, 0.717) is 48.4 Å². The van der Waals surface area contributed by atoms with E-state index in [9.17, 15) is 4.79 Å². The van der Waals surface area contributed by atoms with Crippen molar-refractivity contribution in [3.05, 3.63) is 96.3 Å². The zero-order valence-corrected chi connectivity index (χ0v) is 24.2. The molecule has 186 valence electrons. The van der Waals surface area contributed by atoms with Crippen LogP contribution in [0.25, 0.3) is 6.08 Å². The van der Waals surface area contributed by atoms with Crippen molar-refractivity contribution >= 4 is 79.4 Å². The van der Waals surface area contributed by atoms with E-state index in [1.165, 1.54) is 17.3 Å². The zero-order valence-electron chi connectivity index (χ0n) is 19.5. The van der Waals surface area contributed by atoms with Gasteiger partial charge in [-0.3, -0.25) is 9.69 Å². The number of rotatable bonds is 8. The van der Waals surface area contributed by atoms with Crippen molar-refractivity contribution in [2.75, 3.05) is 6.61 Å². The summed E-state index contributed by atoms with van der Waals surface area (Å²) in [5.41, 5.74) is 3.87. The first kappa shape index (κ1) is 27.0. The highest BCUT2D eigenvalue weighted by Crippen LogP contribution is 2.40. The first-order chi connectivity index (χ1) is 17.2. The molecular formula is C27H22BrCl2NO3S2. The third-order valence-corrected chi connectivity index (χ3v) is 8.04. The summed E-state index contributed by atoms with van der Waals surface area (Å²) in [7, 11) is 0. The molecule has 0 atom stereocenters. The number of thioether (sulfide) groups is 1. The zero-order chi connectivity index (χ0) is 25.8. The second-order valence-electron chi connectivity index (χ2n) is 8.05. The third kappa shape index (κ3) is 6.45. The number of aryl methyl sites for hydroxylation is 1. The van der Waals surface area contributed by atoms with Gasteiger partial charge in [-0.25, -0.2) is 0 Å². The first-order valence-electron chi connectivity index (χ1n) is 11.1. The lowest BCUT2D eigenvalue weighted by atomic mass is 10.1. The summed E-state index contributed by atoms with van der Waals surface area (Å²) in [5.74, 6) is 1.01. The van der Waals surface area contributed by atoms with Crippen LogP contribution in [0, 0.1) is 6.92 Å². The molecule has 0 aromatic heterocycles. The van der Waals surface area contributed by atoms with Gasteiger partial charge < -0.3 is 9.47 Å². The van der Waals surface area contributed by atoms with Crippen LogP contribution >= 0.6 is 63.1 Å². The van der Waals surface area contributed by atoms with Crippen molar-refractivity contribution in [1.82, 2.24) is 4.90 Å². The molecule has 1 aliphatic rings. The Morgan fingerprint density at radius 2 is 1.75 bits per heavy atom. The fourth-order valence-corrected chi connectivity index (χ4v) is 5.67. The SMILES string of the molecule is CCOc1cc(/C=C2\SC(=S)N(Cc3ccc(C)cc3)C2=O)cc(Br)c1OCc1ccc(Cl)c(Cl)c1. The molecule has 0 N–H and O–H groups in total. The van der Waals surface area contributed by atoms with E-state index in [0.717, 1.165) is 16.7 Å². The topological polar surface area (TPSA) is 38.8 Å². The Hall–Kier alpha value is -2.03. The fraction of sp³-hybridized carbons (Fsp3) is 0.185. The van der Waals surface area contributed by atoms with Crippen LogP contribution in [0.15, 0.2) is 64.0 Å². The van der Waals surface area contributed by atoms with Gasteiger partial charge in [0.05, 0.1) is 32.6 Å². The highest BCUT2D eigenvalue weighted by molar-refractivity contribution is 9.10. The van der Waals surface area contributed by atoms with Crippen molar-refractivity contribution in [3.63, 3.8) is 0 Å². The van der Waals surface area contributed by atoms with E-state index < -0.39 is 0 Å². The summed E-state index contributed by atoms with van der Waals surface area (Å²) < 4.78 is 13.2. The van der Waals surface area contributed by atoms with E-state index in [1.54, 1.807) is 17.0 Å². The second kappa shape index (κ2) is 12.0. The molecule has 3 aromatic carbocycles. The number of carbonyl (C=O) groups is 1. The predicted octanol–water partition coefficient (Wildman–Crippen LogP) is 8.44. The standard InChI is InChI=1S/C27H22BrCl2NO3S2/c1-3-33-23-12-19(10-20(28)25(23)34-15-18-8-9-21(29)22(30)11-18)13-24-26(32)31(27(35)36-24)14-17-6-4-16(2)5-7-17/h4-13H,3,14-15H2,1-2H3/b24-13-. The highest BCUT2D eigenvalue weighted by Gasteiger charge is 2.32. The van der Waals surface area contributed by atoms with Gasteiger partial charge >= 0.3 is 0 Å². The lowest BCUT2D eigenvalue weighted by Gasteiger charge is -2.15. The molecule has 1 amide bonds. The molecule has 3 aromatic rings. The number of carbonyl (C=O) groups excluding carboxylic acids is 1. The Morgan fingerprint density at radius 3 is 2.44 bits per heavy atom. The van der Waals surface area contributed by atoms with Crippen LogP contribution < -0.4 is 9.47 Å². The van der Waals surface area contributed by atoms with E-state index >= 15 is 0 Å². The molecule has 36 heavy (non-hydrogen) atoms. The Balaban J connectivity index is 1.54. The van der Waals surface area contributed by atoms with Crippen LogP contribution in [-0.4, -0.2) is 21.7 Å². The van der Waals surface area contributed by atoms with Crippen LogP contribution in [0.4, 0.5) is 0 Å². The smallest absolute Gasteiger partial charge is 0.266 e. The molecule has 1 fully saturated rings. The van der Waals surface area contributed by atoms with Gasteiger partial charge in [-0.05, 0) is 76.8 Å². The predicted molar refractivity (Wildman–Crippen MR) is 156 cm³/mol. The van der Waals surface area contributed by atoms with Gasteiger partial charge in [0.15, 0.2) is 11.5 Å². The van der Waals surface area contributed by atoms with E-state index in [4.69, 9.17) is 44.9 Å². The number of hydrogen-bond acceptors (Lipinski definition) is 5. The molecule has 9 heteroatoms. The Labute approximate surface area is 238 Å². The Morgan fingerprint density at radius 1 is 1.03 bits per heavy atom. The average molecular weight is 623 g/mol. The molecule has 0 saturated carbocycles. The Kier molecular flexibility index (Phi) is 9.01. The fourth-order valence-electron chi connectivity index (χ4n) is 3.52. The molecule has 1 saturated heterocycles. The lowest BCUT2D eigenvalue weighted by Crippen LogP contribution is -2.27. The molecule has 0 radical (unpaired) electrons. The van der Waals surface area contributed by atoms with E-state index in [1.807, 2.05) is 62.4 Å². The summed E-state index contributed by atoms with van der Waals surface area (Å²) in [5, 5.41) is 0.960.